The van der Waals surface area contributed by atoms with Crippen LogP contribution in [0.5, 0.6) is 0 Å². The van der Waals surface area contributed by atoms with Crippen LogP contribution in [0.2, 0.25) is 0 Å². The highest BCUT2D eigenvalue weighted by Gasteiger charge is 2.04. The molecular weight excluding hydrogens is 174 g/mol. The molecule has 14 heavy (non-hydrogen) atoms. The average molecular weight is 201 g/mol. The van der Waals surface area contributed by atoms with E-state index in [0.717, 1.165) is 26.1 Å². The van der Waals surface area contributed by atoms with Gasteiger partial charge in [0.15, 0.2) is 0 Å². The van der Waals surface area contributed by atoms with Gasteiger partial charge in [0, 0.05) is 13.2 Å². The summed E-state index contributed by atoms with van der Waals surface area (Å²) < 4.78 is 5.78. The zero-order valence-corrected chi connectivity index (χ0v) is 10.1. The van der Waals surface area contributed by atoms with Gasteiger partial charge in [0.2, 0.25) is 0 Å². The lowest BCUT2D eigenvalue weighted by molar-refractivity contribution is 0.0485. The molecule has 2 nitrogen and oxygen atoms in total. The highest BCUT2D eigenvalue weighted by atomic mass is 16.5. The SMILES string of the molecule is CCCCCOC(CC)CNCCC. The van der Waals surface area contributed by atoms with E-state index in [-0.39, 0.29) is 0 Å². The van der Waals surface area contributed by atoms with E-state index < -0.39 is 0 Å². The van der Waals surface area contributed by atoms with E-state index in [0.29, 0.717) is 6.10 Å². The lowest BCUT2D eigenvalue weighted by Crippen LogP contribution is -2.29. The minimum absolute atomic E-state index is 0.415. The van der Waals surface area contributed by atoms with Crippen LogP contribution in [0.25, 0.3) is 0 Å². The van der Waals surface area contributed by atoms with Crippen molar-refractivity contribution in [1.29, 1.82) is 0 Å². The van der Waals surface area contributed by atoms with Crippen LogP contribution in [0, 0.1) is 0 Å². The Bertz CT molecular complexity index is 106. The van der Waals surface area contributed by atoms with Crippen molar-refractivity contribution in [1.82, 2.24) is 5.32 Å². The summed E-state index contributed by atoms with van der Waals surface area (Å²) in [5, 5.41) is 3.40. The average Bonchev–Trinajstić information content (AvgIpc) is 2.22. The Kier molecular flexibility index (Phi) is 10.9. The first-order chi connectivity index (χ1) is 6.85. The van der Waals surface area contributed by atoms with Crippen LogP contribution in [0.15, 0.2) is 0 Å². The number of hydrogen-bond donors (Lipinski definition) is 1. The van der Waals surface area contributed by atoms with Gasteiger partial charge in [-0.2, -0.15) is 0 Å². The van der Waals surface area contributed by atoms with Crippen LogP contribution < -0.4 is 5.32 Å². The van der Waals surface area contributed by atoms with Crippen LogP contribution in [-0.2, 0) is 4.74 Å². The van der Waals surface area contributed by atoms with Crippen molar-refractivity contribution in [3.8, 4) is 0 Å². The Balaban J connectivity index is 3.28. The molecule has 0 fully saturated rings. The third-order valence-electron chi connectivity index (χ3n) is 2.36. The molecule has 0 spiro atoms. The fourth-order valence-electron chi connectivity index (χ4n) is 1.36. The summed E-state index contributed by atoms with van der Waals surface area (Å²) in [5.74, 6) is 0. The second kappa shape index (κ2) is 11.0. The first-order valence-corrected chi connectivity index (χ1v) is 6.17. The molecule has 0 aromatic carbocycles. The van der Waals surface area contributed by atoms with Gasteiger partial charge in [-0.15, -0.1) is 0 Å². The van der Waals surface area contributed by atoms with Crippen molar-refractivity contribution in [3.63, 3.8) is 0 Å². The van der Waals surface area contributed by atoms with Crippen molar-refractivity contribution in [2.24, 2.45) is 0 Å². The van der Waals surface area contributed by atoms with Crippen molar-refractivity contribution in [2.75, 3.05) is 19.7 Å². The van der Waals surface area contributed by atoms with Crippen molar-refractivity contribution < 1.29 is 4.74 Å². The minimum Gasteiger partial charge on any atom is -0.377 e. The number of nitrogens with one attached hydrogen (secondary N) is 1. The molecule has 1 N–H and O–H groups in total. The topological polar surface area (TPSA) is 21.3 Å². The van der Waals surface area contributed by atoms with Gasteiger partial charge in [0.25, 0.3) is 0 Å². The molecule has 0 amide bonds. The van der Waals surface area contributed by atoms with Gasteiger partial charge < -0.3 is 10.1 Å². The first-order valence-electron chi connectivity index (χ1n) is 6.17. The molecule has 0 aliphatic carbocycles. The third-order valence-corrected chi connectivity index (χ3v) is 2.36. The third kappa shape index (κ3) is 8.52. The van der Waals surface area contributed by atoms with Crippen molar-refractivity contribution >= 4 is 0 Å². The van der Waals surface area contributed by atoms with Crippen LogP contribution in [0.1, 0.15) is 52.9 Å². The molecule has 0 bridgehead atoms. The zero-order chi connectivity index (χ0) is 10.6. The second-order valence-corrected chi connectivity index (χ2v) is 3.81. The van der Waals surface area contributed by atoms with Crippen LogP contribution in [-0.4, -0.2) is 25.8 Å². The monoisotopic (exact) mass is 201 g/mol. The highest BCUT2D eigenvalue weighted by Crippen LogP contribution is 2.00. The molecule has 1 atom stereocenters. The minimum atomic E-state index is 0.415. The van der Waals surface area contributed by atoms with Crippen molar-refractivity contribution in [3.05, 3.63) is 0 Å². The van der Waals surface area contributed by atoms with E-state index in [9.17, 15) is 0 Å². The summed E-state index contributed by atoms with van der Waals surface area (Å²) in [6.07, 6.45) is 6.50. The summed E-state index contributed by atoms with van der Waals surface area (Å²) >= 11 is 0. The largest absolute Gasteiger partial charge is 0.377 e. The molecule has 0 saturated heterocycles. The second-order valence-electron chi connectivity index (χ2n) is 3.81. The molecule has 0 aliphatic rings. The Morgan fingerprint density at radius 1 is 1.07 bits per heavy atom. The van der Waals surface area contributed by atoms with E-state index in [4.69, 9.17) is 4.74 Å². The van der Waals surface area contributed by atoms with Crippen LogP contribution >= 0.6 is 0 Å². The summed E-state index contributed by atoms with van der Waals surface area (Å²) in [5.41, 5.74) is 0. The highest BCUT2D eigenvalue weighted by molar-refractivity contribution is 4.59. The molecule has 0 aromatic heterocycles. The molecule has 0 aliphatic heterocycles. The Morgan fingerprint density at radius 2 is 1.86 bits per heavy atom. The molecule has 1 unspecified atom stereocenters. The molecule has 0 heterocycles. The van der Waals surface area contributed by atoms with Crippen molar-refractivity contribution in [2.45, 2.75) is 59.0 Å². The maximum absolute atomic E-state index is 5.78. The lowest BCUT2D eigenvalue weighted by Gasteiger charge is -2.16. The fourth-order valence-corrected chi connectivity index (χ4v) is 1.36. The Hall–Kier alpha value is -0.0800. The van der Waals surface area contributed by atoms with Gasteiger partial charge in [-0.3, -0.25) is 0 Å². The van der Waals surface area contributed by atoms with Gasteiger partial charge in [-0.05, 0) is 25.8 Å². The van der Waals surface area contributed by atoms with E-state index >= 15 is 0 Å². The predicted octanol–water partition coefficient (Wildman–Crippen LogP) is 2.97. The molecule has 2 heteroatoms. The molecule has 0 saturated carbocycles. The maximum atomic E-state index is 5.78. The molecule has 86 valence electrons. The van der Waals surface area contributed by atoms with E-state index in [1.54, 1.807) is 0 Å². The van der Waals surface area contributed by atoms with Gasteiger partial charge in [-0.1, -0.05) is 33.6 Å². The fraction of sp³-hybridized carbons (Fsp3) is 1.00. The van der Waals surface area contributed by atoms with Gasteiger partial charge >= 0.3 is 0 Å². The zero-order valence-electron chi connectivity index (χ0n) is 10.1. The number of ether oxygens (including phenoxy) is 1. The standard InChI is InChI=1S/C12H27NO/c1-4-7-8-10-14-12(6-3)11-13-9-5-2/h12-13H,4-11H2,1-3H3. The van der Waals surface area contributed by atoms with Gasteiger partial charge in [0.1, 0.15) is 0 Å². The van der Waals surface area contributed by atoms with Gasteiger partial charge in [-0.25, -0.2) is 0 Å². The lowest BCUT2D eigenvalue weighted by atomic mass is 10.2. The predicted molar refractivity (Wildman–Crippen MR) is 62.7 cm³/mol. The van der Waals surface area contributed by atoms with Crippen LogP contribution in [0.4, 0.5) is 0 Å². The molecular formula is C12H27NO. The summed E-state index contributed by atoms with van der Waals surface area (Å²) in [6, 6.07) is 0. The Morgan fingerprint density at radius 3 is 2.43 bits per heavy atom. The first kappa shape index (κ1) is 13.9. The Labute approximate surface area is 89.4 Å². The quantitative estimate of drug-likeness (QED) is 0.549. The van der Waals surface area contributed by atoms with E-state index in [2.05, 4.69) is 26.1 Å². The molecule has 0 radical (unpaired) electrons. The molecule has 0 aromatic rings. The maximum Gasteiger partial charge on any atom is 0.0696 e. The normalized spacial score (nSPS) is 13.1. The molecule has 0 rings (SSSR count). The van der Waals surface area contributed by atoms with Gasteiger partial charge in [0.05, 0.1) is 6.10 Å². The number of rotatable bonds is 10. The van der Waals surface area contributed by atoms with E-state index in [1.807, 2.05) is 0 Å². The summed E-state index contributed by atoms with van der Waals surface area (Å²) in [4.78, 5) is 0. The summed E-state index contributed by atoms with van der Waals surface area (Å²) in [6.45, 7) is 9.65. The number of unbranched alkanes of at least 4 members (excludes halogenated alkanes) is 2. The van der Waals surface area contributed by atoms with E-state index in [1.165, 1.54) is 25.7 Å². The van der Waals surface area contributed by atoms with Crippen LogP contribution in [0.3, 0.4) is 0 Å². The smallest absolute Gasteiger partial charge is 0.0696 e. The summed E-state index contributed by atoms with van der Waals surface area (Å²) in [7, 11) is 0. The number of hydrogen-bond acceptors (Lipinski definition) is 2.